The van der Waals surface area contributed by atoms with Gasteiger partial charge in [0.2, 0.25) is 5.16 Å². The maximum Gasteiger partial charge on any atom is 0.212 e. The van der Waals surface area contributed by atoms with Gasteiger partial charge < -0.3 is 0 Å². The Hall–Kier alpha value is -0.840. The summed E-state index contributed by atoms with van der Waals surface area (Å²) in [5, 5.41) is 14.5. The largest absolute Gasteiger partial charge is 0.212 e. The molecular formula is C11H16N4S. The van der Waals surface area contributed by atoms with E-state index in [1.54, 1.807) is 0 Å². The molecule has 2 aliphatic rings. The third-order valence-corrected chi connectivity index (χ3v) is 4.52. The zero-order chi connectivity index (χ0) is 11.0. The molecular weight excluding hydrogens is 220 g/mol. The van der Waals surface area contributed by atoms with Crippen LogP contribution >= 0.6 is 11.8 Å². The van der Waals surface area contributed by atoms with Gasteiger partial charge in [0, 0.05) is 0 Å². The Balaban J connectivity index is 1.94. The second kappa shape index (κ2) is 4.20. The summed E-state index contributed by atoms with van der Waals surface area (Å²) in [4.78, 5) is 0. The normalized spacial score (nSPS) is 25.1. The molecule has 3 rings (SSSR count). The molecule has 0 radical (unpaired) electrons. The Kier molecular flexibility index (Phi) is 2.71. The molecule has 1 saturated carbocycles. The molecule has 1 aromatic heterocycles. The van der Waals surface area contributed by atoms with Gasteiger partial charge in [-0.3, -0.25) is 0 Å². The first kappa shape index (κ1) is 10.3. The summed E-state index contributed by atoms with van der Waals surface area (Å²) in [6, 6.07) is 0. The van der Waals surface area contributed by atoms with Gasteiger partial charge in [-0.2, -0.15) is 9.78 Å². The fraction of sp³-hybridized carbons (Fsp3) is 0.727. The summed E-state index contributed by atoms with van der Waals surface area (Å²) in [6.07, 6.45) is 7.72. The summed E-state index contributed by atoms with van der Waals surface area (Å²) in [5.74, 6) is 0.899. The highest BCUT2D eigenvalue weighted by Crippen LogP contribution is 2.33. The molecule has 1 aliphatic heterocycles. The molecule has 1 unspecified atom stereocenters. The minimum Gasteiger partial charge on any atom is -0.192 e. The highest BCUT2D eigenvalue weighted by Gasteiger charge is 2.26. The van der Waals surface area contributed by atoms with Gasteiger partial charge >= 0.3 is 0 Å². The van der Waals surface area contributed by atoms with Crippen molar-refractivity contribution in [1.29, 1.82) is 0 Å². The monoisotopic (exact) mass is 236 g/mol. The lowest BCUT2D eigenvalue weighted by Gasteiger charge is -2.24. The van der Waals surface area contributed by atoms with E-state index in [2.05, 4.69) is 10.2 Å². The summed E-state index contributed by atoms with van der Waals surface area (Å²) in [6.45, 7) is 1.96. The predicted molar refractivity (Wildman–Crippen MR) is 64.9 cm³/mol. The van der Waals surface area contributed by atoms with Crippen LogP contribution in [-0.2, 0) is 0 Å². The van der Waals surface area contributed by atoms with Crippen molar-refractivity contribution in [3.05, 3.63) is 5.82 Å². The number of nitrogens with zero attached hydrogens (tertiary/aromatic N) is 4. The smallest absolute Gasteiger partial charge is 0.192 e. The summed E-state index contributed by atoms with van der Waals surface area (Å²) in [5.41, 5.74) is 1.35. The molecule has 1 aliphatic carbocycles. The van der Waals surface area contributed by atoms with E-state index in [9.17, 15) is 0 Å². The van der Waals surface area contributed by atoms with Crippen LogP contribution in [0.5, 0.6) is 0 Å². The van der Waals surface area contributed by atoms with Crippen LogP contribution in [-0.4, -0.2) is 25.8 Å². The summed E-state index contributed by atoms with van der Waals surface area (Å²) in [7, 11) is 0. The molecule has 0 amide bonds. The Bertz CT molecular complexity index is 424. The molecule has 0 N–H and O–H groups in total. The van der Waals surface area contributed by atoms with E-state index in [4.69, 9.17) is 5.10 Å². The molecule has 2 heterocycles. The third-order valence-electron chi connectivity index (χ3n) is 3.26. The van der Waals surface area contributed by atoms with Crippen molar-refractivity contribution in [3.63, 3.8) is 0 Å². The van der Waals surface area contributed by atoms with Crippen molar-refractivity contribution in [3.8, 4) is 0 Å². The van der Waals surface area contributed by atoms with Crippen molar-refractivity contribution >= 4 is 17.5 Å². The van der Waals surface area contributed by atoms with Crippen LogP contribution in [0.3, 0.4) is 0 Å². The van der Waals surface area contributed by atoms with E-state index < -0.39 is 0 Å². The standard InChI is InChI=1S/C11H16N4S/c1-8-12-13-11-15(8)14-9-6-4-2-3-5-7-10(9)16-11/h10H,2-7H2,1H3. The van der Waals surface area contributed by atoms with E-state index in [-0.39, 0.29) is 0 Å². The number of rotatable bonds is 0. The summed E-state index contributed by atoms with van der Waals surface area (Å²) < 4.78 is 1.90. The fourth-order valence-corrected chi connectivity index (χ4v) is 3.54. The Labute approximate surface area is 99.5 Å². The molecule has 16 heavy (non-hydrogen) atoms. The zero-order valence-corrected chi connectivity index (χ0v) is 10.3. The number of aromatic nitrogens is 3. The van der Waals surface area contributed by atoms with Crippen LogP contribution in [0.25, 0.3) is 0 Å². The lowest BCUT2D eigenvalue weighted by Crippen LogP contribution is -2.24. The SMILES string of the molecule is Cc1nnc2n1N=C1CCCCCCC1S2. The molecule has 86 valence electrons. The molecule has 1 fully saturated rings. The molecule has 1 aromatic rings. The Morgan fingerprint density at radius 3 is 3.00 bits per heavy atom. The molecule has 1 atom stereocenters. The minimum absolute atomic E-state index is 0.552. The molecule has 0 bridgehead atoms. The van der Waals surface area contributed by atoms with Gasteiger partial charge in [-0.25, -0.2) is 0 Å². The van der Waals surface area contributed by atoms with Gasteiger partial charge in [0.15, 0.2) is 5.82 Å². The molecule has 0 spiro atoms. The number of aryl methyl sites for hydroxylation is 1. The third kappa shape index (κ3) is 1.77. The lowest BCUT2D eigenvalue weighted by molar-refractivity contribution is 0.597. The van der Waals surface area contributed by atoms with Crippen molar-refractivity contribution < 1.29 is 0 Å². The Morgan fingerprint density at radius 2 is 2.06 bits per heavy atom. The lowest BCUT2D eigenvalue weighted by atomic mass is 9.99. The quantitative estimate of drug-likeness (QED) is 0.695. The van der Waals surface area contributed by atoms with Gasteiger partial charge in [-0.1, -0.05) is 31.0 Å². The molecule has 0 saturated heterocycles. The first-order chi connectivity index (χ1) is 7.84. The van der Waals surface area contributed by atoms with Gasteiger partial charge in [-0.05, 0) is 26.2 Å². The number of fused-ring (bicyclic) bond motifs is 2. The Morgan fingerprint density at radius 1 is 1.19 bits per heavy atom. The van der Waals surface area contributed by atoms with E-state index in [1.165, 1.54) is 37.8 Å². The average molecular weight is 236 g/mol. The van der Waals surface area contributed by atoms with Crippen LogP contribution < -0.4 is 0 Å². The highest BCUT2D eigenvalue weighted by atomic mass is 32.2. The first-order valence-corrected chi connectivity index (χ1v) is 6.89. The zero-order valence-electron chi connectivity index (χ0n) is 9.52. The van der Waals surface area contributed by atoms with Gasteiger partial charge in [0.25, 0.3) is 0 Å². The van der Waals surface area contributed by atoms with Crippen LogP contribution in [0, 0.1) is 6.92 Å². The van der Waals surface area contributed by atoms with Gasteiger partial charge in [0.1, 0.15) is 0 Å². The van der Waals surface area contributed by atoms with Crippen LogP contribution in [0.4, 0.5) is 0 Å². The van der Waals surface area contributed by atoms with Crippen LogP contribution in [0.15, 0.2) is 10.3 Å². The highest BCUT2D eigenvalue weighted by molar-refractivity contribution is 8.00. The van der Waals surface area contributed by atoms with Crippen molar-refractivity contribution in [2.24, 2.45) is 5.10 Å². The van der Waals surface area contributed by atoms with Crippen LogP contribution in [0.1, 0.15) is 44.3 Å². The van der Waals surface area contributed by atoms with E-state index in [0.717, 1.165) is 17.4 Å². The van der Waals surface area contributed by atoms with Crippen molar-refractivity contribution in [2.75, 3.05) is 0 Å². The average Bonchev–Trinajstić information content (AvgIpc) is 2.60. The first-order valence-electron chi connectivity index (χ1n) is 6.01. The van der Waals surface area contributed by atoms with E-state index in [0.29, 0.717) is 5.25 Å². The molecule has 5 heteroatoms. The van der Waals surface area contributed by atoms with Gasteiger partial charge in [0.05, 0.1) is 11.0 Å². The van der Waals surface area contributed by atoms with Crippen molar-refractivity contribution in [1.82, 2.24) is 14.9 Å². The number of hydrogen-bond acceptors (Lipinski definition) is 4. The van der Waals surface area contributed by atoms with Crippen LogP contribution in [0.2, 0.25) is 0 Å². The minimum atomic E-state index is 0.552. The number of hydrogen-bond donors (Lipinski definition) is 0. The fourth-order valence-electron chi connectivity index (χ4n) is 2.34. The number of thioether (sulfide) groups is 1. The maximum absolute atomic E-state index is 4.72. The van der Waals surface area contributed by atoms with E-state index >= 15 is 0 Å². The van der Waals surface area contributed by atoms with Crippen molar-refractivity contribution in [2.45, 2.75) is 55.9 Å². The van der Waals surface area contributed by atoms with E-state index in [1.807, 2.05) is 23.4 Å². The summed E-state index contributed by atoms with van der Waals surface area (Å²) >= 11 is 1.84. The van der Waals surface area contributed by atoms with Gasteiger partial charge in [-0.15, -0.1) is 10.2 Å². The predicted octanol–water partition coefficient (Wildman–Crippen LogP) is 2.62. The molecule has 0 aromatic carbocycles. The second-order valence-corrected chi connectivity index (χ2v) is 5.66. The topological polar surface area (TPSA) is 43.1 Å². The molecule has 4 nitrogen and oxygen atoms in total. The second-order valence-electron chi connectivity index (χ2n) is 4.49. The maximum atomic E-state index is 4.72.